The molecule has 4 amide bonds. The molecule has 3 aliphatic rings. The van der Waals surface area contributed by atoms with Crippen molar-refractivity contribution in [3.05, 3.63) is 58.1 Å². The Labute approximate surface area is 255 Å². The van der Waals surface area contributed by atoms with Crippen LogP contribution in [0.2, 0.25) is 0 Å². The first-order valence-corrected chi connectivity index (χ1v) is 15.5. The van der Waals surface area contributed by atoms with Crippen LogP contribution in [0.4, 0.5) is 15.3 Å². The highest BCUT2D eigenvalue weighted by Gasteiger charge is 2.44. The number of likely N-dealkylation sites (tertiary alicyclic amines) is 2. The third-order valence-electron chi connectivity index (χ3n) is 9.20. The largest absolute Gasteiger partial charge is 0.507 e. The van der Waals surface area contributed by atoms with Crippen LogP contribution < -0.4 is 5.32 Å². The summed E-state index contributed by atoms with van der Waals surface area (Å²) < 4.78 is 0.524. The Hall–Kier alpha value is -3.31. The second-order valence-corrected chi connectivity index (χ2v) is 12.7. The number of phenolic OH excluding ortho intramolecular Hbond substituents is 1. The number of benzene rings is 2. The molecular formula is C31H40BrN5O5. The van der Waals surface area contributed by atoms with Gasteiger partial charge in [0.25, 0.3) is 0 Å². The van der Waals surface area contributed by atoms with Crippen molar-refractivity contribution in [2.75, 3.05) is 45.6 Å². The summed E-state index contributed by atoms with van der Waals surface area (Å²) in [6.07, 6.45) is 2.57. The summed E-state index contributed by atoms with van der Waals surface area (Å²) in [7, 11) is 4.11. The maximum absolute atomic E-state index is 14.3. The Morgan fingerprint density at radius 1 is 1.07 bits per heavy atom. The smallest absolute Gasteiger partial charge is 0.407 e. The zero-order chi connectivity index (χ0) is 30.0. The number of hydrogen-bond donors (Lipinski definition) is 3. The van der Waals surface area contributed by atoms with Crippen molar-refractivity contribution < 1.29 is 24.6 Å². The third-order valence-corrected chi connectivity index (χ3v) is 9.84. The van der Waals surface area contributed by atoms with Crippen molar-refractivity contribution in [2.45, 2.75) is 56.7 Å². The Bertz CT molecular complexity index is 1310. The number of piperidine rings is 2. The van der Waals surface area contributed by atoms with E-state index < -0.39 is 18.1 Å². The second-order valence-electron chi connectivity index (χ2n) is 11.9. The van der Waals surface area contributed by atoms with E-state index >= 15 is 0 Å². The molecule has 3 N–H and O–H groups in total. The average Bonchev–Trinajstić information content (AvgIpc) is 3.15. The summed E-state index contributed by atoms with van der Waals surface area (Å²) >= 11 is 3.38. The van der Waals surface area contributed by atoms with E-state index in [1.165, 1.54) is 4.90 Å². The summed E-state index contributed by atoms with van der Waals surface area (Å²) in [5.74, 6) is -0.588. The quantitative estimate of drug-likeness (QED) is 0.429. The van der Waals surface area contributed by atoms with Crippen LogP contribution in [0.5, 0.6) is 5.75 Å². The Morgan fingerprint density at radius 2 is 1.81 bits per heavy atom. The molecule has 3 heterocycles. The van der Waals surface area contributed by atoms with E-state index in [-0.39, 0.29) is 30.3 Å². The van der Waals surface area contributed by atoms with Gasteiger partial charge in [0, 0.05) is 50.0 Å². The van der Waals surface area contributed by atoms with Crippen molar-refractivity contribution in [1.82, 2.24) is 19.6 Å². The number of para-hydroxylation sites is 1. The molecule has 3 atom stereocenters. The van der Waals surface area contributed by atoms with Crippen molar-refractivity contribution in [3.63, 3.8) is 0 Å². The number of halogens is 1. The van der Waals surface area contributed by atoms with E-state index in [0.29, 0.717) is 55.8 Å². The third kappa shape index (κ3) is 6.52. The van der Waals surface area contributed by atoms with Gasteiger partial charge in [0.15, 0.2) is 0 Å². The second kappa shape index (κ2) is 12.9. The van der Waals surface area contributed by atoms with Crippen LogP contribution in [0.3, 0.4) is 0 Å². The van der Waals surface area contributed by atoms with Crippen molar-refractivity contribution in [3.8, 4) is 5.75 Å². The van der Waals surface area contributed by atoms with E-state index in [0.717, 1.165) is 29.7 Å². The van der Waals surface area contributed by atoms with Crippen LogP contribution in [0.1, 0.15) is 36.8 Å². The summed E-state index contributed by atoms with van der Waals surface area (Å²) in [5.41, 5.74) is 2.70. The monoisotopic (exact) mass is 641 g/mol. The van der Waals surface area contributed by atoms with Crippen molar-refractivity contribution in [1.29, 1.82) is 0 Å². The molecule has 2 aromatic rings. The molecule has 3 aliphatic heterocycles. The average molecular weight is 643 g/mol. The van der Waals surface area contributed by atoms with E-state index in [1.807, 2.05) is 34.1 Å². The number of carbonyl (C=O) groups excluding carboxylic acids is 2. The fourth-order valence-corrected chi connectivity index (χ4v) is 7.20. The van der Waals surface area contributed by atoms with Gasteiger partial charge in [-0.05, 0) is 97.9 Å². The van der Waals surface area contributed by atoms with Crippen molar-refractivity contribution >= 4 is 39.6 Å². The first-order valence-electron chi connectivity index (χ1n) is 14.7. The summed E-state index contributed by atoms with van der Waals surface area (Å²) in [6.45, 7) is 2.00. The number of phenols is 1. The number of hydrogen-bond acceptors (Lipinski definition) is 5. The number of anilines is 1. The highest BCUT2D eigenvalue weighted by molar-refractivity contribution is 9.10. The number of carbonyl (C=O) groups is 3. The lowest BCUT2D eigenvalue weighted by Gasteiger charge is -2.46. The fraction of sp³-hybridized carbons (Fsp3) is 0.516. The van der Waals surface area contributed by atoms with Crippen LogP contribution in [0.25, 0.3) is 0 Å². The first kappa shape index (κ1) is 30.2. The number of rotatable bonds is 6. The van der Waals surface area contributed by atoms with E-state index in [1.54, 1.807) is 18.2 Å². The van der Waals surface area contributed by atoms with Gasteiger partial charge in [-0.2, -0.15) is 0 Å². The number of amides is 4. The summed E-state index contributed by atoms with van der Waals surface area (Å²) in [4.78, 5) is 47.5. The minimum absolute atomic E-state index is 0.0546. The molecule has 2 unspecified atom stereocenters. The van der Waals surface area contributed by atoms with Gasteiger partial charge in [-0.3, -0.25) is 4.79 Å². The molecule has 42 heavy (non-hydrogen) atoms. The van der Waals surface area contributed by atoms with E-state index in [4.69, 9.17) is 0 Å². The van der Waals surface area contributed by atoms with Crippen LogP contribution in [-0.2, 0) is 17.6 Å². The summed E-state index contributed by atoms with van der Waals surface area (Å²) in [6, 6.07) is 12.3. The standard InChI is InChI=1S/C31H40BrN5O5/c1-34(2)22-10-13-35(14-11-22)29(39)24(17-20-7-8-28(38)25(32)18-20)27-19-23(12-16-37(27)31(41)42)36-15-9-21-5-3-4-6-26(21)33-30(36)40/h3-8,18,22-24,27,38H,9-17,19H2,1-2H3,(H,33,40)(H,41,42)/t23?,24?,27-/m1/s1. The fourth-order valence-electron chi connectivity index (χ4n) is 6.77. The van der Waals surface area contributed by atoms with Gasteiger partial charge >= 0.3 is 12.1 Å². The molecule has 2 aromatic carbocycles. The molecule has 0 spiro atoms. The number of fused-ring (bicyclic) bond motifs is 1. The van der Waals surface area contributed by atoms with Gasteiger partial charge in [0.1, 0.15) is 5.75 Å². The molecule has 226 valence electrons. The predicted octanol–water partition coefficient (Wildman–Crippen LogP) is 4.47. The van der Waals surface area contributed by atoms with Crippen LogP contribution in [0.15, 0.2) is 46.9 Å². The highest BCUT2D eigenvalue weighted by Crippen LogP contribution is 2.34. The molecule has 0 aromatic heterocycles. The van der Waals surface area contributed by atoms with Crippen LogP contribution in [-0.4, -0.2) is 106 Å². The maximum Gasteiger partial charge on any atom is 0.407 e. The lowest BCUT2D eigenvalue weighted by atomic mass is 9.82. The molecule has 0 bridgehead atoms. The van der Waals surface area contributed by atoms with Gasteiger partial charge in [0.05, 0.1) is 10.4 Å². The number of urea groups is 1. The molecule has 0 aliphatic carbocycles. The maximum atomic E-state index is 14.3. The zero-order valence-corrected chi connectivity index (χ0v) is 25.8. The van der Waals surface area contributed by atoms with Gasteiger partial charge in [0.2, 0.25) is 5.91 Å². The van der Waals surface area contributed by atoms with Gasteiger partial charge < -0.3 is 35.1 Å². The van der Waals surface area contributed by atoms with Crippen molar-refractivity contribution in [2.24, 2.45) is 5.92 Å². The Morgan fingerprint density at radius 3 is 2.50 bits per heavy atom. The number of nitrogens with one attached hydrogen (secondary N) is 1. The molecule has 2 saturated heterocycles. The predicted molar refractivity (Wildman–Crippen MR) is 164 cm³/mol. The first-order chi connectivity index (χ1) is 20.1. The Kier molecular flexibility index (Phi) is 9.27. The molecule has 0 saturated carbocycles. The molecular weight excluding hydrogens is 602 g/mol. The minimum atomic E-state index is -1.05. The molecule has 11 heteroatoms. The SMILES string of the molecule is CN(C)C1CCN(C(=O)C(Cc2ccc(O)c(Br)c2)[C@H]2CC(N3CCc4ccccc4NC3=O)CCN2C(=O)O)CC1. The van der Waals surface area contributed by atoms with E-state index in [9.17, 15) is 24.6 Å². The molecule has 0 radical (unpaired) electrons. The number of carboxylic acid groups (broad SMARTS) is 1. The Balaban J connectivity index is 1.43. The van der Waals surface area contributed by atoms with Gasteiger partial charge in [-0.1, -0.05) is 24.3 Å². The number of aromatic hydroxyl groups is 1. The normalized spacial score (nSPS) is 22.4. The van der Waals surface area contributed by atoms with Gasteiger partial charge in [-0.25, -0.2) is 9.59 Å². The van der Waals surface area contributed by atoms with Gasteiger partial charge in [-0.15, -0.1) is 0 Å². The lowest BCUT2D eigenvalue weighted by molar-refractivity contribution is -0.140. The van der Waals surface area contributed by atoms with Crippen LogP contribution in [0, 0.1) is 5.92 Å². The molecule has 2 fully saturated rings. The topological polar surface area (TPSA) is 117 Å². The molecule has 10 nitrogen and oxygen atoms in total. The van der Waals surface area contributed by atoms with Crippen LogP contribution >= 0.6 is 15.9 Å². The highest BCUT2D eigenvalue weighted by atomic mass is 79.9. The zero-order valence-electron chi connectivity index (χ0n) is 24.2. The lowest BCUT2D eigenvalue weighted by Crippen LogP contribution is -2.59. The molecule has 5 rings (SSSR count). The minimum Gasteiger partial charge on any atom is -0.507 e. The number of nitrogens with zero attached hydrogens (tertiary/aromatic N) is 4. The summed E-state index contributed by atoms with van der Waals surface area (Å²) in [5, 5.41) is 23.4. The van der Waals surface area contributed by atoms with E-state index in [2.05, 4.69) is 40.2 Å².